The van der Waals surface area contributed by atoms with Crippen LogP contribution >= 0.6 is 0 Å². The Labute approximate surface area is 175 Å². The maximum absolute atomic E-state index is 11.1. The van der Waals surface area contributed by atoms with Gasteiger partial charge in [-0.2, -0.15) is 0 Å². The molecule has 1 N–H and O–H groups in total. The Morgan fingerprint density at radius 1 is 0.700 bits per heavy atom. The molecule has 2 heterocycles. The number of fused-ring (bicyclic) bond motifs is 2. The van der Waals surface area contributed by atoms with Crippen LogP contribution in [0.2, 0.25) is 0 Å². The fraction of sp³-hybridized carbons (Fsp3) is 0.154. The van der Waals surface area contributed by atoms with E-state index in [2.05, 4.69) is 84.2 Å². The van der Waals surface area contributed by atoms with Crippen molar-refractivity contribution in [2.75, 3.05) is 7.11 Å². The van der Waals surface area contributed by atoms with Crippen LogP contribution in [-0.4, -0.2) is 21.4 Å². The zero-order valence-electron chi connectivity index (χ0n) is 17.3. The van der Waals surface area contributed by atoms with E-state index in [1.165, 1.54) is 21.8 Å². The molecule has 5 aromatic rings. The molecule has 30 heavy (non-hydrogen) atoms. The van der Waals surface area contributed by atoms with Gasteiger partial charge in [-0.15, -0.1) is 0 Å². The van der Waals surface area contributed by atoms with E-state index in [1.807, 2.05) is 12.1 Å². The van der Waals surface area contributed by atoms with Crippen molar-refractivity contribution < 1.29 is 9.84 Å². The zero-order chi connectivity index (χ0) is 20.8. The highest BCUT2D eigenvalue weighted by Gasteiger charge is 2.27. The summed E-state index contributed by atoms with van der Waals surface area (Å²) in [5.74, 6) is 0.529. The first-order chi connectivity index (χ1) is 14.6. The second-order valence-electron chi connectivity index (χ2n) is 7.76. The van der Waals surface area contributed by atoms with Gasteiger partial charge >= 0.3 is 0 Å². The van der Waals surface area contributed by atoms with Crippen LogP contribution in [0.3, 0.4) is 0 Å². The van der Waals surface area contributed by atoms with Crippen molar-refractivity contribution in [2.24, 2.45) is 14.1 Å². The predicted molar refractivity (Wildman–Crippen MR) is 121 cm³/mol. The highest BCUT2D eigenvalue weighted by molar-refractivity contribution is 5.90. The fourth-order valence-electron chi connectivity index (χ4n) is 4.65. The predicted octanol–water partition coefficient (Wildman–Crippen LogP) is 5.56. The van der Waals surface area contributed by atoms with E-state index in [0.29, 0.717) is 5.75 Å². The van der Waals surface area contributed by atoms with E-state index in [-0.39, 0.29) is 11.7 Å². The van der Waals surface area contributed by atoms with E-state index in [4.69, 9.17) is 4.74 Å². The second kappa shape index (κ2) is 6.99. The summed E-state index contributed by atoms with van der Waals surface area (Å²) >= 11 is 0. The van der Waals surface area contributed by atoms with Gasteiger partial charge in [0.15, 0.2) is 11.5 Å². The number of methoxy groups -OCH3 is 1. The molecule has 0 amide bonds. The molecule has 0 atom stereocenters. The third-order valence-corrected chi connectivity index (χ3v) is 6.04. The van der Waals surface area contributed by atoms with E-state index in [9.17, 15) is 5.11 Å². The number of nitrogens with zero attached hydrogens (tertiary/aromatic N) is 2. The minimum absolute atomic E-state index is 0.141. The molecule has 5 rings (SSSR count). The second-order valence-corrected chi connectivity index (χ2v) is 7.76. The number of para-hydroxylation sites is 3. The van der Waals surface area contributed by atoms with Gasteiger partial charge in [0.25, 0.3) is 0 Å². The van der Waals surface area contributed by atoms with Gasteiger partial charge in [0.2, 0.25) is 0 Å². The number of hydrogen-bond acceptors (Lipinski definition) is 2. The molecule has 0 aliphatic carbocycles. The maximum atomic E-state index is 11.1. The molecule has 0 fully saturated rings. The van der Waals surface area contributed by atoms with Gasteiger partial charge in [0, 0.05) is 59.8 Å². The first kappa shape index (κ1) is 18.4. The summed E-state index contributed by atoms with van der Waals surface area (Å²) < 4.78 is 9.74. The SMILES string of the molecule is COc1cccc(C(c2cn(C)c3ccccc23)c2cn(C)c3ccccc23)c1O. The number of aryl methyl sites for hydroxylation is 2. The largest absolute Gasteiger partial charge is 0.504 e. The normalized spacial score (nSPS) is 11.6. The van der Waals surface area contributed by atoms with Gasteiger partial charge < -0.3 is 19.0 Å². The molecule has 0 aliphatic heterocycles. The molecule has 0 saturated carbocycles. The Balaban J connectivity index is 1.87. The lowest BCUT2D eigenvalue weighted by Crippen LogP contribution is -2.04. The third kappa shape index (κ3) is 2.68. The van der Waals surface area contributed by atoms with Crippen molar-refractivity contribution in [2.45, 2.75) is 5.92 Å². The highest BCUT2D eigenvalue weighted by atomic mass is 16.5. The van der Waals surface area contributed by atoms with Crippen LogP contribution in [0.4, 0.5) is 0 Å². The number of aromatic hydroxyl groups is 1. The average molecular weight is 396 g/mol. The van der Waals surface area contributed by atoms with Crippen LogP contribution in [-0.2, 0) is 14.1 Å². The molecule has 2 aromatic heterocycles. The van der Waals surface area contributed by atoms with E-state index >= 15 is 0 Å². The molecule has 0 unspecified atom stereocenters. The Kier molecular flexibility index (Phi) is 4.28. The summed E-state index contributed by atoms with van der Waals surface area (Å²) in [6, 6.07) is 22.5. The summed E-state index contributed by atoms with van der Waals surface area (Å²) in [6.07, 6.45) is 4.35. The molecule has 3 aromatic carbocycles. The molecule has 4 heteroatoms. The van der Waals surface area contributed by atoms with Gasteiger partial charge in [-0.05, 0) is 29.3 Å². The lowest BCUT2D eigenvalue weighted by Gasteiger charge is -2.20. The molecule has 4 nitrogen and oxygen atoms in total. The van der Waals surface area contributed by atoms with Crippen LogP contribution in [0, 0.1) is 0 Å². The fourth-order valence-corrected chi connectivity index (χ4v) is 4.65. The number of rotatable bonds is 4. The van der Waals surface area contributed by atoms with Gasteiger partial charge in [0.1, 0.15) is 0 Å². The van der Waals surface area contributed by atoms with E-state index < -0.39 is 0 Å². The first-order valence-corrected chi connectivity index (χ1v) is 10.0. The lowest BCUT2D eigenvalue weighted by atomic mass is 9.84. The molecule has 0 saturated heterocycles. The molecule has 0 radical (unpaired) electrons. The molecular weight excluding hydrogens is 372 g/mol. The van der Waals surface area contributed by atoms with Crippen LogP contribution in [0.15, 0.2) is 79.1 Å². The Morgan fingerprint density at radius 2 is 1.23 bits per heavy atom. The lowest BCUT2D eigenvalue weighted by molar-refractivity contribution is 0.370. The smallest absolute Gasteiger partial charge is 0.161 e. The van der Waals surface area contributed by atoms with Gasteiger partial charge in [-0.25, -0.2) is 0 Å². The van der Waals surface area contributed by atoms with Crippen molar-refractivity contribution >= 4 is 21.8 Å². The molecule has 0 spiro atoms. The monoisotopic (exact) mass is 396 g/mol. The summed E-state index contributed by atoms with van der Waals surface area (Å²) in [5, 5.41) is 13.5. The van der Waals surface area contributed by atoms with Gasteiger partial charge in [-0.1, -0.05) is 48.5 Å². The summed E-state index contributed by atoms with van der Waals surface area (Å²) in [6.45, 7) is 0. The number of aromatic nitrogens is 2. The highest BCUT2D eigenvalue weighted by Crippen LogP contribution is 2.45. The minimum atomic E-state index is -0.141. The summed E-state index contributed by atoms with van der Waals surface area (Å²) in [7, 11) is 5.72. The van der Waals surface area contributed by atoms with Crippen molar-refractivity contribution in [1.29, 1.82) is 0 Å². The number of hydrogen-bond donors (Lipinski definition) is 1. The van der Waals surface area contributed by atoms with E-state index in [1.54, 1.807) is 13.2 Å². The van der Waals surface area contributed by atoms with Crippen LogP contribution in [0.5, 0.6) is 11.5 Å². The van der Waals surface area contributed by atoms with Crippen molar-refractivity contribution in [1.82, 2.24) is 9.13 Å². The molecular formula is C26H24N2O2. The minimum Gasteiger partial charge on any atom is -0.504 e. The van der Waals surface area contributed by atoms with Crippen molar-refractivity contribution in [3.63, 3.8) is 0 Å². The first-order valence-electron chi connectivity index (χ1n) is 10.0. The van der Waals surface area contributed by atoms with Crippen molar-refractivity contribution in [3.05, 3.63) is 95.8 Å². The third-order valence-electron chi connectivity index (χ3n) is 6.04. The van der Waals surface area contributed by atoms with Gasteiger partial charge in [-0.3, -0.25) is 0 Å². The molecule has 0 aliphatic rings. The Hall–Kier alpha value is -3.66. The standard InChI is InChI=1S/C26H24N2O2/c1-27-15-20(17-9-4-6-12-22(17)27)25(19-11-8-14-24(30-3)26(19)29)21-16-28(2)23-13-7-5-10-18(21)23/h4-16,25,29H,1-3H3. The molecule has 0 bridgehead atoms. The van der Waals surface area contributed by atoms with Crippen molar-refractivity contribution in [3.8, 4) is 11.5 Å². The van der Waals surface area contributed by atoms with Gasteiger partial charge in [0.05, 0.1) is 7.11 Å². The van der Waals surface area contributed by atoms with Crippen LogP contribution in [0.1, 0.15) is 22.6 Å². The topological polar surface area (TPSA) is 39.3 Å². The number of phenols is 1. The summed E-state index contributed by atoms with van der Waals surface area (Å²) in [5.41, 5.74) is 5.49. The number of phenolic OH excluding ortho intramolecular Hbond substituents is 1. The van der Waals surface area contributed by atoms with Crippen LogP contribution in [0.25, 0.3) is 21.8 Å². The number of benzene rings is 3. The quantitative estimate of drug-likeness (QED) is 0.432. The maximum Gasteiger partial charge on any atom is 0.161 e. The Morgan fingerprint density at radius 3 is 1.77 bits per heavy atom. The molecule has 150 valence electrons. The summed E-state index contributed by atoms with van der Waals surface area (Å²) in [4.78, 5) is 0. The Bertz CT molecular complexity index is 1300. The van der Waals surface area contributed by atoms with Crippen LogP contribution < -0.4 is 4.74 Å². The zero-order valence-corrected chi connectivity index (χ0v) is 17.3. The average Bonchev–Trinajstić information content (AvgIpc) is 3.28. The van der Waals surface area contributed by atoms with E-state index in [0.717, 1.165) is 16.7 Å². The number of ether oxygens (including phenoxy) is 1.